The molecule has 1 aromatic carbocycles. The minimum atomic E-state index is -0.989. The number of carbonyl (C=O) groups excluding carboxylic acids is 1. The summed E-state index contributed by atoms with van der Waals surface area (Å²) >= 11 is 0. The zero-order valence-electron chi connectivity index (χ0n) is 13.5. The van der Waals surface area contributed by atoms with Crippen molar-refractivity contribution in [1.29, 1.82) is 0 Å². The summed E-state index contributed by atoms with van der Waals surface area (Å²) in [6, 6.07) is 7.44. The Bertz CT molecular complexity index is 547. The third-order valence-corrected chi connectivity index (χ3v) is 3.94. The number of carboxylic acids is 1. The number of para-hydroxylation sites is 1. The summed E-state index contributed by atoms with van der Waals surface area (Å²) in [6.07, 6.45) is 2.75. The Hall–Kier alpha value is -2.08. The highest BCUT2D eigenvalue weighted by Crippen LogP contribution is 2.19. The van der Waals surface area contributed by atoms with Crippen molar-refractivity contribution < 1.29 is 19.4 Å². The average Bonchev–Trinajstić information content (AvgIpc) is 2.53. The van der Waals surface area contributed by atoms with E-state index in [0.29, 0.717) is 18.7 Å². The van der Waals surface area contributed by atoms with E-state index in [-0.39, 0.29) is 12.5 Å². The molecule has 6 heteroatoms. The fourth-order valence-corrected chi connectivity index (χ4v) is 2.67. The molecule has 6 nitrogen and oxygen atoms in total. The zero-order valence-corrected chi connectivity index (χ0v) is 13.5. The van der Waals surface area contributed by atoms with E-state index < -0.39 is 5.97 Å². The molecule has 0 bridgehead atoms. The molecule has 1 saturated heterocycles. The van der Waals surface area contributed by atoms with Crippen molar-refractivity contribution >= 4 is 11.9 Å². The number of aliphatic carboxylic acids is 1. The lowest BCUT2D eigenvalue weighted by Crippen LogP contribution is -2.40. The van der Waals surface area contributed by atoms with Crippen LogP contribution < -0.4 is 4.74 Å². The van der Waals surface area contributed by atoms with Crippen molar-refractivity contribution in [2.45, 2.75) is 25.8 Å². The van der Waals surface area contributed by atoms with Gasteiger partial charge in [-0.3, -0.25) is 4.79 Å². The smallest absolute Gasteiger partial charge is 0.341 e. The van der Waals surface area contributed by atoms with Crippen LogP contribution in [-0.4, -0.2) is 60.1 Å². The van der Waals surface area contributed by atoms with E-state index in [1.807, 2.05) is 30.1 Å². The van der Waals surface area contributed by atoms with Gasteiger partial charge in [0.15, 0.2) is 6.61 Å². The maximum Gasteiger partial charge on any atom is 0.341 e. The van der Waals surface area contributed by atoms with E-state index in [1.54, 1.807) is 6.07 Å². The summed E-state index contributed by atoms with van der Waals surface area (Å²) in [4.78, 5) is 26.5. The Balaban J connectivity index is 1.85. The predicted molar refractivity (Wildman–Crippen MR) is 86.3 cm³/mol. The Morgan fingerprint density at radius 3 is 2.87 bits per heavy atom. The number of benzene rings is 1. The number of hydrogen-bond acceptors (Lipinski definition) is 4. The topological polar surface area (TPSA) is 70.1 Å². The summed E-state index contributed by atoms with van der Waals surface area (Å²) in [5.74, 6) is -0.151. The lowest BCUT2D eigenvalue weighted by atomic mass is 10.1. The van der Waals surface area contributed by atoms with Crippen molar-refractivity contribution in [3.05, 3.63) is 29.8 Å². The minimum Gasteiger partial charge on any atom is -0.482 e. The second-order valence-corrected chi connectivity index (χ2v) is 5.87. The molecule has 23 heavy (non-hydrogen) atoms. The van der Waals surface area contributed by atoms with Crippen LogP contribution in [0, 0.1) is 0 Å². The van der Waals surface area contributed by atoms with Crippen LogP contribution in [-0.2, 0) is 16.1 Å². The van der Waals surface area contributed by atoms with E-state index in [2.05, 4.69) is 4.90 Å². The average molecular weight is 320 g/mol. The Kier molecular flexibility index (Phi) is 6.40. The summed E-state index contributed by atoms with van der Waals surface area (Å²) in [5.41, 5.74) is 0.946. The Morgan fingerprint density at radius 2 is 2.13 bits per heavy atom. The van der Waals surface area contributed by atoms with Gasteiger partial charge in [-0.15, -0.1) is 0 Å². The molecule has 0 spiro atoms. The number of nitrogens with zero attached hydrogens (tertiary/aromatic N) is 2. The Morgan fingerprint density at radius 1 is 1.35 bits per heavy atom. The van der Waals surface area contributed by atoms with Gasteiger partial charge < -0.3 is 19.6 Å². The van der Waals surface area contributed by atoms with Crippen molar-refractivity contribution in [3.8, 4) is 5.75 Å². The molecule has 1 amide bonds. The van der Waals surface area contributed by atoms with Crippen LogP contribution in [0.1, 0.15) is 24.8 Å². The van der Waals surface area contributed by atoms with Crippen LogP contribution in [0.4, 0.5) is 0 Å². The molecule has 0 radical (unpaired) electrons. The van der Waals surface area contributed by atoms with E-state index in [1.165, 1.54) is 0 Å². The SMILES string of the molecule is CN(CCN1CCCCC1=O)Cc1ccccc1OCC(=O)O. The molecule has 1 aliphatic heterocycles. The highest BCUT2D eigenvalue weighted by molar-refractivity contribution is 5.76. The predicted octanol–water partition coefficient (Wildman–Crippen LogP) is 1.59. The number of ether oxygens (including phenoxy) is 1. The maximum atomic E-state index is 11.8. The van der Waals surface area contributed by atoms with Crippen LogP contribution >= 0.6 is 0 Å². The second-order valence-electron chi connectivity index (χ2n) is 5.87. The minimum absolute atomic E-state index is 0.245. The summed E-state index contributed by atoms with van der Waals surface area (Å²) in [6.45, 7) is 2.66. The van der Waals surface area contributed by atoms with Crippen LogP contribution in [0.5, 0.6) is 5.75 Å². The first-order valence-electron chi connectivity index (χ1n) is 7.95. The summed E-state index contributed by atoms with van der Waals surface area (Å²) < 4.78 is 5.32. The van der Waals surface area contributed by atoms with Gasteiger partial charge in [-0.05, 0) is 26.0 Å². The quantitative estimate of drug-likeness (QED) is 0.788. The number of likely N-dealkylation sites (tertiary alicyclic amines) is 1. The van der Waals surface area contributed by atoms with Crippen LogP contribution in [0.2, 0.25) is 0 Å². The van der Waals surface area contributed by atoms with Gasteiger partial charge in [0.05, 0.1) is 0 Å². The van der Waals surface area contributed by atoms with Crippen molar-refractivity contribution in [1.82, 2.24) is 9.80 Å². The first-order chi connectivity index (χ1) is 11.1. The van der Waals surface area contributed by atoms with Gasteiger partial charge in [0, 0.05) is 38.2 Å². The van der Waals surface area contributed by atoms with Gasteiger partial charge in [0.2, 0.25) is 5.91 Å². The van der Waals surface area contributed by atoms with Crippen LogP contribution in [0.3, 0.4) is 0 Å². The van der Waals surface area contributed by atoms with Crippen molar-refractivity contribution in [2.75, 3.05) is 33.3 Å². The molecule has 0 aliphatic carbocycles. The lowest BCUT2D eigenvalue weighted by molar-refractivity contribution is -0.139. The standard InChI is InChI=1S/C17H24N2O4/c1-18(10-11-19-9-5-4-8-16(19)20)12-14-6-2-3-7-15(14)23-13-17(21)22/h2-3,6-7H,4-5,8-13H2,1H3,(H,21,22). The molecule has 1 N–H and O–H groups in total. The first kappa shape index (κ1) is 17.3. The summed E-state index contributed by atoms with van der Waals surface area (Å²) in [5, 5.41) is 8.73. The number of hydrogen-bond donors (Lipinski definition) is 1. The van der Waals surface area contributed by atoms with Gasteiger partial charge in [-0.1, -0.05) is 18.2 Å². The van der Waals surface area contributed by atoms with Crippen LogP contribution in [0.15, 0.2) is 24.3 Å². The molecule has 0 unspecified atom stereocenters. The molecule has 126 valence electrons. The number of amides is 1. The fraction of sp³-hybridized carbons (Fsp3) is 0.529. The Labute approximate surface area is 136 Å². The first-order valence-corrected chi connectivity index (χ1v) is 7.95. The lowest BCUT2D eigenvalue weighted by Gasteiger charge is -2.29. The largest absolute Gasteiger partial charge is 0.482 e. The van der Waals surface area contributed by atoms with Gasteiger partial charge in [-0.2, -0.15) is 0 Å². The zero-order chi connectivity index (χ0) is 16.7. The molecule has 2 rings (SSSR count). The molecule has 1 fully saturated rings. The highest BCUT2D eigenvalue weighted by atomic mass is 16.5. The number of carboxylic acid groups (broad SMARTS) is 1. The van der Waals surface area contributed by atoms with Gasteiger partial charge in [0.1, 0.15) is 5.75 Å². The molecule has 1 heterocycles. The summed E-state index contributed by atoms with van der Waals surface area (Å²) in [7, 11) is 1.99. The highest BCUT2D eigenvalue weighted by Gasteiger charge is 2.18. The van der Waals surface area contributed by atoms with E-state index >= 15 is 0 Å². The van der Waals surface area contributed by atoms with Gasteiger partial charge >= 0.3 is 5.97 Å². The molecular weight excluding hydrogens is 296 g/mol. The number of piperidine rings is 1. The third kappa shape index (κ3) is 5.56. The fourth-order valence-electron chi connectivity index (χ4n) is 2.67. The number of likely N-dealkylation sites (N-methyl/N-ethyl adjacent to an activating group) is 1. The number of rotatable bonds is 8. The molecule has 0 atom stereocenters. The van der Waals surface area contributed by atoms with Gasteiger partial charge in [0.25, 0.3) is 0 Å². The maximum absolute atomic E-state index is 11.8. The van der Waals surface area contributed by atoms with Crippen molar-refractivity contribution in [3.63, 3.8) is 0 Å². The molecule has 0 saturated carbocycles. The van der Waals surface area contributed by atoms with Crippen LogP contribution in [0.25, 0.3) is 0 Å². The second kappa shape index (κ2) is 8.53. The van der Waals surface area contributed by atoms with Gasteiger partial charge in [-0.25, -0.2) is 4.79 Å². The molecule has 1 aliphatic rings. The monoisotopic (exact) mass is 320 g/mol. The normalized spacial score (nSPS) is 15.0. The molecule has 0 aromatic heterocycles. The molecular formula is C17H24N2O4. The molecule has 1 aromatic rings. The third-order valence-electron chi connectivity index (χ3n) is 3.94. The number of carbonyl (C=O) groups is 2. The van der Waals surface area contributed by atoms with E-state index in [4.69, 9.17) is 9.84 Å². The van der Waals surface area contributed by atoms with E-state index in [0.717, 1.165) is 38.0 Å². The van der Waals surface area contributed by atoms with E-state index in [9.17, 15) is 9.59 Å². The van der Waals surface area contributed by atoms with Crippen molar-refractivity contribution in [2.24, 2.45) is 0 Å².